The lowest BCUT2D eigenvalue weighted by Gasteiger charge is -2.26. The first kappa shape index (κ1) is 16.5. The summed E-state index contributed by atoms with van der Waals surface area (Å²) in [6.45, 7) is 1.39. The van der Waals surface area contributed by atoms with Gasteiger partial charge in [-0.3, -0.25) is 0 Å². The van der Waals surface area contributed by atoms with Crippen molar-refractivity contribution in [3.8, 4) is 0 Å². The van der Waals surface area contributed by atoms with Crippen molar-refractivity contribution in [2.75, 3.05) is 20.6 Å². The predicted molar refractivity (Wildman–Crippen MR) is 85.6 cm³/mol. The second kappa shape index (κ2) is 7.38. The van der Waals surface area contributed by atoms with Crippen LogP contribution in [0.4, 0.5) is 0 Å². The Bertz CT molecular complexity index is 534. The Kier molecular flexibility index (Phi) is 5.79. The smallest absolute Gasteiger partial charge is 0.242 e. The van der Waals surface area contributed by atoms with Crippen molar-refractivity contribution in [2.24, 2.45) is 5.92 Å². The van der Waals surface area contributed by atoms with Gasteiger partial charge < -0.3 is 5.32 Å². The third-order valence-electron chi connectivity index (χ3n) is 4.25. The molecule has 0 amide bonds. The number of nitrogens with one attached hydrogen (secondary N) is 1. The maximum absolute atomic E-state index is 12.6. The van der Waals surface area contributed by atoms with Crippen LogP contribution in [-0.4, -0.2) is 33.4 Å². The molecule has 1 aliphatic carbocycles. The molecule has 4 nitrogen and oxygen atoms in total. The van der Waals surface area contributed by atoms with Crippen molar-refractivity contribution in [1.29, 1.82) is 0 Å². The van der Waals surface area contributed by atoms with E-state index in [2.05, 4.69) is 5.32 Å². The van der Waals surface area contributed by atoms with Crippen LogP contribution in [0.2, 0.25) is 0 Å². The molecule has 1 aromatic rings. The van der Waals surface area contributed by atoms with Crippen molar-refractivity contribution < 1.29 is 8.42 Å². The fourth-order valence-electron chi connectivity index (χ4n) is 2.99. The van der Waals surface area contributed by atoms with E-state index in [1.807, 2.05) is 19.2 Å². The average molecular weight is 310 g/mol. The van der Waals surface area contributed by atoms with E-state index in [0.717, 1.165) is 24.9 Å². The van der Waals surface area contributed by atoms with Gasteiger partial charge in [0, 0.05) is 20.1 Å². The van der Waals surface area contributed by atoms with Crippen molar-refractivity contribution in [3.05, 3.63) is 29.8 Å². The van der Waals surface area contributed by atoms with Gasteiger partial charge in [0.05, 0.1) is 4.90 Å². The second-order valence-electron chi connectivity index (χ2n) is 5.96. The van der Waals surface area contributed by atoms with Gasteiger partial charge in [-0.25, -0.2) is 12.7 Å². The highest BCUT2D eigenvalue weighted by Gasteiger charge is 2.24. The average Bonchev–Trinajstić information content (AvgIpc) is 2.49. The van der Waals surface area contributed by atoms with Crippen LogP contribution >= 0.6 is 0 Å². The van der Waals surface area contributed by atoms with Gasteiger partial charge in [0.15, 0.2) is 0 Å². The first-order valence-electron chi connectivity index (χ1n) is 7.74. The molecule has 0 heterocycles. The molecule has 1 N–H and O–H groups in total. The molecule has 1 fully saturated rings. The molecule has 1 aromatic carbocycles. The minimum absolute atomic E-state index is 0.390. The van der Waals surface area contributed by atoms with E-state index >= 15 is 0 Å². The maximum atomic E-state index is 12.6. The fraction of sp³-hybridized carbons (Fsp3) is 0.625. The molecule has 118 valence electrons. The predicted octanol–water partition coefficient (Wildman–Crippen LogP) is 2.61. The van der Waals surface area contributed by atoms with Gasteiger partial charge in [-0.2, -0.15) is 0 Å². The van der Waals surface area contributed by atoms with Gasteiger partial charge in [0.2, 0.25) is 10.0 Å². The minimum Gasteiger partial charge on any atom is -0.316 e. The largest absolute Gasteiger partial charge is 0.316 e. The summed E-state index contributed by atoms with van der Waals surface area (Å²) in [5.74, 6) is 0.516. The summed E-state index contributed by atoms with van der Waals surface area (Å²) < 4.78 is 26.7. The van der Waals surface area contributed by atoms with Crippen molar-refractivity contribution in [3.63, 3.8) is 0 Å². The maximum Gasteiger partial charge on any atom is 0.242 e. The van der Waals surface area contributed by atoms with Crippen LogP contribution < -0.4 is 5.32 Å². The van der Waals surface area contributed by atoms with E-state index in [1.54, 1.807) is 19.2 Å². The van der Waals surface area contributed by atoms with Gasteiger partial charge in [0.1, 0.15) is 0 Å². The van der Waals surface area contributed by atoms with Crippen LogP contribution in [0.5, 0.6) is 0 Å². The van der Waals surface area contributed by atoms with Gasteiger partial charge in [-0.1, -0.05) is 31.4 Å². The number of hydrogen-bond acceptors (Lipinski definition) is 3. The summed E-state index contributed by atoms with van der Waals surface area (Å²) in [6, 6.07) is 7.16. The van der Waals surface area contributed by atoms with E-state index in [-0.39, 0.29) is 0 Å². The molecule has 0 radical (unpaired) electrons. The SMILES string of the molecule is CNCc1ccc(S(=O)(=O)N(C)CC2CCCCC2)cc1. The quantitative estimate of drug-likeness (QED) is 0.878. The Morgan fingerprint density at radius 3 is 2.33 bits per heavy atom. The van der Waals surface area contributed by atoms with E-state index in [1.165, 1.54) is 23.6 Å². The molecule has 0 aliphatic heterocycles. The lowest BCUT2D eigenvalue weighted by atomic mass is 9.89. The van der Waals surface area contributed by atoms with E-state index in [0.29, 0.717) is 17.4 Å². The monoisotopic (exact) mass is 310 g/mol. The molecule has 1 saturated carbocycles. The number of sulfonamides is 1. The second-order valence-corrected chi connectivity index (χ2v) is 8.01. The molecule has 0 spiro atoms. The van der Waals surface area contributed by atoms with Gasteiger partial charge in [-0.15, -0.1) is 0 Å². The standard InChI is InChI=1S/C16H26N2O2S/c1-17-12-14-8-10-16(11-9-14)21(19,20)18(2)13-15-6-4-3-5-7-15/h8-11,15,17H,3-7,12-13H2,1-2H3. The van der Waals surface area contributed by atoms with E-state index in [9.17, 15) is 8.42 Å². The minimum atomic E-state index is -3.36. The lowest BCUT2D eigenvalue weighted by Crippen LogP contribution is -2.32. The normalized spacial score (nSPS) is 17.3. The summed E-state index contributed by atoms with van der Waals surface area (Å²) in [5, 5.41) is 3.06. The fourth-order valence-corrected chi connectivity index (χ4v) is 4.24. The molecule has 0 unspecified atom stereocenters. The Labute approximate surface area is 128 Å². The summed E-state index contributed by atoms with van der Waals surface area (Å²) in [7, 11) is 0.220. The number of nitrogens with zero attached hydrogens (tertiary/aromatic N) is 1. The van der Waals surface area contributed by atoms with Crippen molar-refractivity contribution >= 4 is 10.0 Å². The molecular weight excluding hydrogens is 284 g/mol. The number of benzene rings is 1. The molecular formula is C16H26N2O2S. The Morgan fingerprint density at radius 1 is 1.14 bits per heavy atom. The van der Waals surface area contributed by atoms with Crippen LogP contribution in [0.1, 0.15) is 37.7 Å². The molecule has 5 heteroatoms. The van der Waals surface area contributed by atoms with Crippen LogP contribution in [0, 0.1) is 5.92 Å². The zero-order chi connectivity index (χ0) is 15.3. The topological polar surface area (TPSA) is 49.4 Å². The van der Waals surface area contributed by atoms with Crippen molar-refractivity contribution in [2.45, 2.75) is 43.5 Å². The summed E-state index contributed by atoms with van der Waals surface area (Å²) in [5.41, 5.74) is 1.09. The number of rotatable bonds is 6. The van der Waals surface area contributed by atoms with Gasteiger partial charge >= 0.3 is 0 Å². The van der Waals surface area contributed by atoms with E-state index < -0.39 is 10.0 Å². The zero-order valence-corrected chi connectivity index (χ0v) is 13.8. The zero-order valence-electron chi connectivity index (χ0n) is 13.0. The Balaban J connectivity index is 2.05. The molecule has 0 saturated heterocycles. The number of hydrogen-bond donors (Lipinski definition) is 1. The highest BCUT2D eigenvalue weighted by Crippen LogP contribution is 2.26. The highest BCUT2D eigenvalue weighted by atomic mass is 32.2. The third kappa shape index (κ3) is 4.28. The molecule has 2 rings (SSSR count). The Morgan fingerprint density at radius 2 is 1.76 bits per heavy atom. The third-order valence-corrected chi connectivity index (χ3v) is 6.09. The molecule has 0 aromatic heterocycles. The molecule has 21 heavy (non-hydrogen) atoms. The summed E-state index contributed by atoms with van der Waals surface area (Å²) >= 11 is 0. The first-order valence-corrected chi connectivity index (χ1v) is 9.18. The molecule has 0 atom stereocenters. The van der Waals surface area contributed by atoms with Gasteiger partial charge in [0.25, 0.3) is 0 Å². The lowest BCUT2D eigenvalue weighted by molar-refractivity contribution is 0.300. The van der Waals surface area contributed by atoms with Crippen LogP contribution in [0.3, 0.4) is 0 Å². The van der Waals surface area contributed by atoms with E-state index in [4.69, 9.17) is 0 Å². The van der Waals surface area contributed by atoms with Crippen LogP contribution in [-0.2, 0) is 16.6 Å². The van der Waals surface area contributed by atoms with Crippen LogP contribution in [0.25, 0.3) is 0 Å². The van der Waals surface area contributed by atoms with Gasteiger partial charge in [-0.05, 0) is 43.5 Å². The first-order chi connectivity index (χ1) is 10.0. The highest BCUT2D eigenvalue weighted by molar-refractivity contribution is 7.89. The Hall–Kier alpha value is -0.910. The summed E-state index contributed by atoms with van der Waals surface area (Å²) in [4.78, 5) is 0.390. The molecule has 1 aliphatic rings. The summed E-state index contributed by atoms with van der Waals surface area (Å²) in [6.07, 6.45) is 6.07. The molecule has 0 bridgehead atoms. The van der Waals surface area contributed by atoms with Crippen LogP contribution in [0.15, 0.2) is 29.2 Å². The van der Waals surface area contributed by atoms with Crippen molar-refractivity contribution in [1.82, 2.24) is 9.62 Å².